The first-order valence-electron chi connectivity index (χ1n) is 6.88. The van der Waals surface area contributed by atoms with Crippen molar-refractivity contribution in [3.63, 3.8) is 0 Å². The number of rotatable bonds is 2. The molecule has 3 nitrogen and oxygen atoms in total. The van der Waals surface area contributed by atoms with Crippen LogP contribution in [0.25, 0.3) is 0 Å². The molecular weight excluding hydrogens is 212 g/mol. The van der Waals surface area contributed by atoms with Gasteiger partial charge in [-0.15, -0.1) is 0 Å². The van der Waals surface area contributed by atoms with Crippen molar-refractivity contribution >= 4 is 5.91 Å². The van der Waals surface area contributed by atoms with Gasteiger partial charge in [-0.05, 0) is 50.5 Å². The zero-order valence-electron chi connectivity index (χ0n) is 10.5. The van der Waals surface area contributed by atoms with Crippen LogP contribution in [0.4, 0.5) is 0 Å². The van der Waals surface area contributed by atoms with Crippen molar-refractivity contribution in [3.8, 4) is 0 Å². The Labute approximate surface area is 103 Å². The van der Waals surface area contributed by atoms with Crippen LogP contribution in [0.2, 0.25) is 0 Å². The van der Waals surface area contributed by atoms with Crippen LogP contribution in [0.15, 0.2) is 12.2 Å². The molecule has 0 aromatic rings. The summed E-state index contributed by atoms with van der Waals surface area (Å²) in [5.74, 6) is 2.38. The van der Waals surface area contributed by atoms with Gasteiger partial charge in [0.05, 0.1) is 0 Å². The lowest BCUT2D eigenvalue weighted by atomic mass is 9.92. The Morgan fingerprint density at radius 2 is 2.18 bits per heavy atom. The molecular formula is C14H22N2O. The summed E-state index contributed by atoms with van der Waals surface area (Å²) in [6.07, 6.45) is 7.93. The average Bonchev–Trinajstić information content (AvgIpc) is 3.01. The SMILES string of the molecule is CC1CC(CN)CN1C(=O)C1CC2C=CC1C2. The first-order valence-corrected chi connectivity index (χ1v) is 6.88. The van der Waals surface area contributed by atoms with E-state index < -0.39 is 0 Å². The van der Waals surface area contributed by atoms with Gasteiger partial charge in [0.25, 0.3) is 0 Å². The van der Waals surface area contributed by atoms with Crippen LogP contribution in [0.1, 0.15) is 26.2 Å². The minimum Gasteiger partial charge on any atom is -0.339 e. The molecule has 94 valence electrons. The standard InChI is InChI=1S/C14H22N2O/c1-9-4-11(7-15)8-16(9)14(17)13-6-10-2-3-12(13)5-10/h2-3,9-13H,4-8,15H2,1H3. The maximum Gasteiger partial charge on any atom is 0.226 e. The highest BCUT2D eigenvalue weighted by Gasteiger charge is 2.43. The smallest absolute Gasteiger partial charge is 0.226 e. The van der Waals surface area contributed by atoms with Gasteiger partial charge in [-0.25, -0.2) is 0 Å². The van der Waals surface area contributed by atoms with E-state index in [9.17, 15) is 4.79 Å². The molecule has 3 rings (SSSR count). The highest BCUT2D eigenvalue weighted by atomic mass is 16.2. The fourth-order valence-corrected chi connectivity index (χ4v) is 3.90. The molecule has 0 spiro atoms. The van der Waals surface area contributed by atoms with Gasteiger partial charge in [0.1, 0.15) is 0 Å². The predicted octanol–water partition coefficient (Wildman–Crippen LogP) is 1.39. The predicted molar refractivity (Wildman–Crippen MR) is 67.2 cm³/mol. The number of carbonyl (C=O) groups excluding carboxylic acids is 1. The largest absolute Gasteiger partial charge is 0.339 e. The fourth-order valence-electron chi connectivity index (χ4n) is 3.90. The number of amides is 1. The molecule has 2 N–H and O–H groups in total. The summed E-state index contributed by atoms with van der Waals surface area (Å²) < 4.78 is 0. The third kappa shape index (κ3) is 1.81. The number of fused-ring (bicyclic) bond motifs is 2. The van der Waals surface area contributed by atoms with E-state index in [2.05, 4.69) is 24.0 Å². The first-order chi connectivity index (χ1) is 8.19. The topological polar surface area (TPSA) is 46.3 Å². The van der Waals surface area contributed by atoms with E-state index in [1.807, 2.05) is 0 Å². The average molecular weight is 234 g/mol. The van der Waals surface area contributed by atoms with Crippen molar-refractivity contribution in [1.29, 1.82) is 0 Å². The summed E-state index contributed by atoms with van der Waals surface area (Å²) in [6.45, 7) is 3.76. The van der Waals surface area contributed by atoms with Crippen molar-refractivity contribution in [2.45, 2.75) is 32.2 Å². The summed E-state index contributed by atoms with van der Waals surface area (Å²) in [5.41, 5.74) is 5.72. The molecule has 0 radical (unpaired) electrons. The highest BCUT2D eigenvalue weighted by molar-refractivity contribution is 5.80. The van der Waals surface area contributed by atoms with E-state index >= 15 is 0 Å². The molecule has 1 saturated heterocycles. The lowest BCUT2D eigenvalue weighted by molar-refractivity contribution is -0.137. The highest BCUT2D eigenvalue weighted by Crippen LogP contribution is 2.44. The molecule has 1 heterocycles. The number of hydrogen-bond acceptors (Lipinski definition) is 2. The van der Waals surface area contributed by atoms with Crippen molar-refractivity contribution in [3.05, 3.63) is 12.2 Å². The number of nitrogens with two attached hydrogens (primary N) is 1. The molecule has 0 aromatic heterocycles. The van der Waals surface area contributed by atoms with E-state index in [-0.39, 0.29) is 5.92 Å². The van der Waals surface area contributed by atoms with Gasteiger partial charge < -0.3 is 10.6 Å². The van der Waals surface area contributed by atoms with Gasteiger partial charge in [0, 0.05) is 18.5 Å². The van der Waals surface area contributed by atoms with Crippen LogP contribution in [0.3, 0.4) is 0 Å². The lowest BCUT2D eigenvalue weighted by Gasteiger charge is -2.27. The van der Waals surface area contributed by atoms with Crippen molar-refractivity contribution < 1.29 is 4.79 Å². The van der Waals surface area contributed by atoms with Gasteiger partial charge >= 0.3 is 0 Å². The molecule has 2 fully saturated rings. The van der Waals surface area contributed by atoms with E-state index in [0.29, 0.717) is 36.2 Å². The molecule has 2 aliphatic carbocycles. The molecule has 1 saturated carbocycles. The summed E-state index contributed by atoms with van der Waals surface area (Å²) in [7, 11) is 0. The van der Waals surface area contributed by atoms with Crippen LogP contribution in [0, 0.1) is 23.7 Å². The minimum atomic E-state index is 0.268. The molecule has 5 unspecified atom stereocenters. The van der Waals surface area contributed by atoms with Gasteiger partial charge in [0.15, 0.2) is 0 Å². The molecule has 17 heavy (non-hydrogen) atoms. The first kappa shape index (κ1) is 11.3. The molecule has 3 heteroatoms. The monoisotopic (exact) mass is 234 g/mol. The Bertz CT molecular complexity index is 352. The van der Waals surface area contributed by atoms with Gasteiger partial charge in [0.2, 0.25) is 5.91 Å². The van der Waals surface area contributed by atoms with Gasteiger partial charge in [-0.3, -0.25) is 4.79 Å². The van der Waals surface area contributed by atoms with Crippen LogP contribution in [0.5, 0.6) is 0 Å². The third-order valence-corrected chi connectivity index (χ3v) is 4.87. The maximum atomic E-state index is 12.6. The van der Waals surface area contributed by atoms with Crippen molar-refractivity contribution in [1.82, 2.24) is 4.90 Å². The summed E-state index contributed by atoms with van der Waals surface area (Å²) in [6, 6.07) is 0.388. The lowest BCUT2D eigenvalue weighted by Crippen LogP contribution is -2.40. The normalized spacial score (nSPS) is 43.6. The Balaban J connectivity index is 1.69. The molecule has 3 aliphatic rings. The second-order valence-electron chi connectivity index (χ2n) is 6.06. The van der Waals surface area contributed by atoms with Gasteiger partial charge in [-0.1, -0.05) is 12.2 Å². The number of likely N-dealkylation sites (tertiary alicyclic amines) is 1. The molecule has 1 aliphatic heterocycles. The maximum absolute atomic E-state index is 12.6. The molecule has 2 bridgehead atoms. The van der Waals surface area contributed by atoms with E-state index in [1.54, 1.807) is 0 Å². The van der Waals surface area contributed by atoms with Crippen LogP contribution in [-0.2, 0) is 4.79 Å². The van der Waals surface area contributed by atoms with Crippen molar-refractivity contribution in [2.75, 3.05) is 13.1 Å². The number of hydrogen-bond donors (Lipinski definition) is 1. The van der Waals surface area contributed by atoms with E-state index in [1.165, 1.54) is 6.42 Å². The Morgan fingerprint density at radius 1 is 1.35 bits per heavy atom. The number of carbonyl (C=O) groups is 1. The van der Waals surface area contributed by atoms with Crippen LogP contribution >= 0.6 is 0 Å². The van der Waals surface area contributed by atoms with Crippen molar-refractivity contribution in [2.24, 2.45) is 29.4 Å². The zero-order chi connectivity index (χ0) is 12.0. The van der Waals surface area contributed by atoms with Crippen LogP contribution < -0.4 is 5.73 Å². The van der Waals surface area contributed by atoms with E-state index in [4.69, 9.17) is 5.73 Å². The summed E-state index contributed by atoms with van der Waals surface area (Å²) in [5, 5.41) is 0. The zero-order valence-corrected chi connectivity index (χ0v) is 10.5. The Hall–Kier alpha value is -0.830. The summed E-state index contributed by atoms with van der Waals surface area (Å²) in [4.78, 5) is 14.7. The number of nitrogens with zero attached hydrogens (tertiary/aromatic N) is 1. The van der Waals surface area contributed by atoms with E-state index in [0.717, 1.165) is 19.4 Å². The van der Waals surface area contributed by atoms with Crippen LogP contribution in [-0.4, -0.2) is 29.9 Å². The quantitative estimate of drug-likeness (QED) is 0.734. The minimum absolute atomic E-state index is 0.268. The Morgan fingerprint density at radius 3 is 2.71 bits per heavy atom. The molecule has 0 aromatic carbocycles. The third-order valence-electron chi connectivity index (χ3n) is 4.87. The molecule has 1 amide bonds. The Kier molecular flexibility index (Phi) is 2.74. The number of allylic oxidation sites excluding steroid dienone is 2. The van der Waals surface area contributed by atoms with Gasteiger partial charge in [-0.2, -0.15) is 0 Å². The summed E-state index contributed by atoms with van der Waals surface area (Å²) >= 11 is 0. The second-order valence-corrected chi connectivity index (χ2v) is 6.06. The second kappa shape index (κ2) is 4.13. The molecule has 5 atom stereocenters. The fraction of sp³-hybridized carbons (Fsp3) is 0.786.